The Morgan fingerprint density at radius 2 is 1.73 bits per heavy atom. The first-order valence-electron chi connectivity index (χ1n) is 8.91. The average molecular weight is 382 g/mol. The molecule has 1 aromatic rings. The van der Waals surface area contributed by atoms with Gasteiger partial charge in [-0.1, -0.05) is 0 Å². The van der Waals surface area contributed by atoms with Crippen LogP contribution >= 0.6 is 0 Å². The lowest BCUT2D eigenvalue weighted by Crippen LogP contribution is -2.61. The predicted molar refractivity (Wildman–Crippen MR) is 96.5 cm³/mol. The molecule has 0 aliphatic carbocycles. The molecule has 2 saturated heterocycles. The third-order valence-electron chi connectivity index (χ3n) is 5.35. The summed E-state index contributed by atoms with van der Waals surface area (Å²) in [4.78, 5) is 15.1. The summed E-state index contributed by atoms with van der Waals surface area (Å²) in [6, 6.07) is 6.33. The van der Waals surface area contributed by atoms with Crippen molar-refractivity contribution in [3.63, 3.8) is 0 Å². The molecule has 2 aliphatic heterocycles. The second kappa shape index (κ2) is 7.54. The summed E-state index contributed by atoms with van der Waals surface area (Å²) < 4.78 is 38.2. The van der Waals surface area contributed by atoms with Crippen molar-refractivity contribution in [2.24, 2.45) is 0 Å². The largest absolute Gasteiger partial charge is 0.497 e. The van der Waals surface area contributed by atoms with Crippen LogP contribution in [0.1, 0.15) is 25.7 Å². The van der Waals surface area contributed by atoms with E-state index in [1.165, 1.54) is 23.5 Å². The minimum atomic E-state index is -3.75. The molecule has 7 nitrogen and oxygen atoms in total. The Morgan fingerprint density at radius 3 is 2.35 bits per heavy atom. The highest BCUT2D eigenvalue weighted by atomic mass is 32.2. The van der Waals surface area contributed by atoms with E-state index in [0.29, 0.717) is 51.3 Å². The molecule has 0 bridgehead atoms. The molecule has 1 unspecified atom stereocenters. The first kappa shape index (κ1) is 19.1. The van der Waals surface area contributed by atoms with Crippen molar-refractivity contribution in [3.8, 4) is 5.75 Å². The van der Waals surface area contributed by atoms with Crippen molar-refractivity contribution >= 4 is 15.9 Å². The highest BCUT2D eigenvalue weighted by Gasteiger charge is 2.55. The number of piperidine rings is 1. The number of sulfonamides is 1. The Bertz CT molecular complexity index is 749. The Kier molecular flexibility index (Phi) is 5.55. The maximum Gasteiger partial charge on any atom is 0.244 e. The Hall–Kier alpha value is -1.64. The van der Waals surface area contributed by atoms with Crippen LogP contribution in [0.15, 0.2) is 29.2 Å². The number of ether oxygens (including phenoxy) is 2. The van der Waals surface area contributed by atoms with Crippen LogP contribution in [0.3, 0.4) is 0 Å². The zero-order chi connectivity index (χ0) is 18.8. The van der Waals surface area contributed by atoms with Gasteiger partial charge < -0.3 is 14.4 Å². The van der Waals surface area contributed by atoms with E-state index in [2.05, 4.69) is 0 Å². The summed E-state index contributed by atoms with van der Waals surface area (Å²) in [6.45, 7) is 1.97. The first-order chi connectivity index (χ1) is 12.5. The smallest absolute Gasteiger partial charge is 0.244 e. The molecule has 2 fully saturated rings. The molecule has 0 radical (unpaired) electrons. The Morgan fingerprint density at radius 1 is 1.08 bits per heavy atom. The van der Waals surface area contributed by atoms with E-state index in [-0.39, 0.29) is 10.8 Å². The van der Waals surface area contributed by atoms with E-state index in [4.69, 9.17) is 9.47 Å². The van der Waals surface area contributed by atoms with Gasteiger partial charge in [0.2, 0.25) is 15.9 Å². The van der Waals surface area contributed by atoms with Crippen LogP contribution in [0.25, 0.3) is 0 Å². The number of benzene rings is 1. The zero-order valence-electron chi connectivity index (χ0n) is 15.3. The molecule has 1 aromatic carbocycles. The predicted octanol–water partition coefficient (Wildman–Crippen LogP) is 1.49. The van der Waals surface area contributed by atoms with Gasteiger partial charge in [0.25, 0.3) is 0 Å². The van der Waals surface area contributed by atoms with Crippen molar-refractivity contribution in [2.75, 3.05) is 40.5 Å². The van der Waals surface area contributed by atoms with Crippen molar-refractivity contribution in [1.29, 1.82) is 0 Å². The van der Waals surface area contributed by atoms with Crippen molar-refractivity contribution in [2.45, 2.75) is 36.1 Å². The third-order valence-corrected chi connectivity index (χ3v) is 7.33. The molecular formula is C18H26N2O5S. The van der Waals surface area contributed by atoms with E-state index in [1.807, 2.05) is 0 Å². The minimum absolute atomic E-state index is 0.0876. The summed E-state index contributed by atoms with van der Waals surface area (Å²) in [5.74, 6) is 0.509. The van der Waals surface area contributed by atoms with Gasteiger partial charge in [-0.2, -0.15) is 4.31 Å². The number of carbonyl (C=O) groups excluding carboxylic acids is 1. The van der Waals surface area contributed by atoms with Crippen molar-refractivity contribution in [1.82, 2.24) is 9.21 Å². The first-order valence-corrected chi connectivity index (χ1v) is 10.3. The molecule has 1 spiro atoms. The number of amides is 1. The molecule has 144 valence electrons. The summed E-state index contributed by atoms with van der Waals surface area (Å²) >= 11 is 0. The highest BCUT2D eigenvalue weighted by molar-refractivity contribution is 7.89. The van der Waals surface area contributed by atoms with Crippen LogP contribution in [-0.4, -0.2) is 69.5 Å². The molecule has 1 amide bonds. The second-order valence-electron chi connectivity index (χ2n) is 6.78. The summed E-state index contributed by atoms with van der Waals surface area (Å²) in [6.07, 6.45) is 2.64. The van der Waals surface area contributed by atoms with Gasteiger partial charge in [0.1, 0.15) is 11.3 Å². The Labute approximate surface area is 154 Å². The van der Waals surface area contributed by atoms with Gasteiger partial charge in [0, 0.05) is 26.7 Å². The molecule has 0 N–H and O–H groups in total. The molecule has 1 atom stereocenters. The SMILES string of the molecule is COCCN1CCCC2(CCCN2S(=O)(=O)c2ccc(OC)cc2)C1=O. The number of nitrogens with zero attached hydrogens (tertiary/aromatic N) is 2. The lowest BCUT2D eigenvalue weighted by Gasteiger charge is -2.43. The van der Waals surface area contributed by atoms with E-state index >= 15 is 0 Å². The van der Waals surface area contributed by atoms with E-state index in [9.17, 15) is 13.2 Å². The normalized spacial score (nSPS) is 24.4. The van der Waals surface area contributed by atoms with Gasteiger partial charge >= 0.3 is 0 Å². The summed E-state index contributed by atoms with van der Waals surface area (Å²) in [5, 5.41) is 0. The zero-order valence-corrected chi connectivity index (χ0v) is 16.1. The summed E-state index contributed by atoms with van der Waals surface area (Å²) in [5.41, 5.74) is -0.954. The van der Waals surface area contributed by atoms with E-state index < -0.39 is 15.6 Å². The molecule has 2 heterocycles. The fourth-order valence-corrected chi connectivity index (χ4v) is 5.85. The van der Waals surface area contributed by atoms with Gasteiger partial charge in [-0.25, -0.2) is 8.42 Å². The number of rotatable bonds is 6. The van der Waals surface area contributed by atoms with Crippen LogP contribution in [-0.2, 0) is 19.6 Å². The maximum absolute atomic E-state index is 13.3. The third kappa shape index (κ3) is 3.21. The molecule has 0 saturated carbocycles. The van der Waals surface area contributed by atoms with Gasteiger partial charge in [-0.15, -0.1) is 0 Å². The molecule has 2 aliphatic rings. The minimum Gasteiger partial charge on any atom is -0.497 e. The number of likely N-dealkylation sites (tertiary alicyclic amines) is 1. The molecule has 0 aromatic heterocycles. The second-order valence-corrected chi connectivity index (χ2v) is 8.64. The molecule has 26 heavy (non-hydrogen) atoms. The number of carbonyl (C=O) groups is 1. The topological polar surface area (TPSA) is 76.2 Å². The number of hydrogen-bond donors (Lipinski definition) is 0. The van der Waals surface area contributed by atoms with Gasteiger partial charge in [0.15, 0.2) is 0 Å². The lowest BCUT2D eigenvalue weighted by atomic mass is 9.86. The highest BCUT2D eigenvalue weighted by Crippen LogP contribution is 2.41. The quantitative estimate of drug-likeness (QED) is 0.745. The van der Waals surface area contributed by atoms with E-state index in [1.54, 1.807) is 24.1 Å². The lowest BCUT2D eigenvalue weighted by molar-refractivity contribution is -0.145. The maximum atomic E-state index is 13.3. The fraction of sp³-hybridized carbons (Fsp3) is 0.611. The van der Waals surface area contributed by atoms with Crippen LogP contribution in [0, 0.1) is 0 Å². The monoisotopic (exact) mass is 382 g/mol. The van der Waals surface area contributed by atoms with Crippen LogP contribution in [0.4, 0.5) is 0 Å². The fourth-order valence-electron chi connectivity index (χ4n) is 4.02. The summed E-state index contributed by atoms with van der Waals surface area (Å²) in [7, 11) is -0.616. The number of methoxy groups -OCH3 is 2. The van der Waals surface area contributed by atoms with Crippen molar-refractivity contribution in [3.05, 3.63) is 24.3 Å². The molecular weight excluding hydrogens is 356 g/mol. The van der Waals surface area contributed by atoms with Gasteiger partial charge in [-0.05, 0) is 49.9 Å². The van der Waals surface area contributed by atoms with Crippen molar-refractivity contribution < 1.29 is 22.7 Å². The average Bonchev–Trinajstić information content (AvgIpc) is 3.08. The molecule has 8 heteroatoms. The van der Waals surface area contributed by atoms with Crippen LogP contribution in [0.2, 0.25) is 0 Å². The van der Waals surface area contributed by atoms with Crippen LogP contribution < -0.4 is 4.74 Å². The molecule has 3 rings (SSSR count). The van der Waals surface area contributed by atoms with Gasteiger partial charge in [-0.3, -0.25) is 4.79 Å². The van der Waals surface area contributed by atoms with Crippen LogP contribution in [0.5, 0.6) is 5.75 Å². The van der Waals surface area contributed by atoms with E-state index in [0.717, 1.165) is 6.42 Å². The number of hydrogen-bond acceptors (Lipinski definition) is 5. The Balaban J connectivity index is 1.91. The standard InChI is InChI=1S/C18H26N2O5S/c1-24-14-13-19-11-3-9-18(17(19)21)10-4-12-20(18)26(22,23)16-7-5-15(25-2)6-8-16/h5-8H,3-4,9-14H2,1-2H3. The van der Waals surface area contributed by atoms with Gasteiger partial charge in [0.05, 0.1) is 18.6 Å².